The average molecular weight is 246 g/mol. The van der Waals surface area contributed by atoms with Crippen molar-refractivity contribution in [3.8, 4) is 0 Å². The lowest BCUT2D eigenvalue weighted by Gasteiger charge is -1.96. The summed E-state index contributed by atoms with van der Waals surface area (Å²) in [6.07, 6.45) is 2.11. The van der Waals surface area contributed by atoms with Crippen LogP contribution in [-0.4, -0.2) is 5.33 Å². The highest BCUT2D eigenvalue weighted by Gasteiger charge is 1.90. The summed E-state index contributed by atoms with van der Waals surface area (Å²) >= 11 is 9.22. The minimum absolute atomic E-state index is 0.783. The van der Waals surface area contributed by atoms with Gasteiger partial charge in [-0.1, -0.05) is 51.3 Å². The summed E-state index contributed by atoms with van der Waals surface area (Å²) in [4.78, 5) is 0. The van der Waals surface area contributed by atoms with Gasteiger partial charge in [0.25, 0.3) is 0 Å². The molecule has 0 aromatic heterocycles. The molecule has 0 aliphatic heterocycles. The Bertz CT molecular complexity index is 292. The van der Waals surface area contributed by atoms with Crippen molar-refractivity contribution >= 4 is 33.6 Å². The maximum Gasteiger partial charge on any atom is 0.0411 e. The molecule has 1 rings (SSSR count). The predicted molar refractivity (Wildman–Crippen MR) is 58.9 cm³/mol. The second kappa shape index (κ2) is 4.68. The lowest BCUT2D eigenvalue weighted by atomic mass is 10.1. The monoisotopic (exact) mass is 244 g/mol. The fraction of sp³-hybridized carbons (Fsp3) is 0.200. The van der Waals surface area contributed by atoms with Crippen molar-refractivity contribution in [2.24, 2.45) is 0 Å². The van der Waals surface area contributed by atoms with Crippen LogP contribution in [0.3, 0.4) is 0 Å². The van der Waals surface area contributed by atoms with E-state index < -0.39 is 0 Å². The maximum atomic E-state index is 5.83. The summed E-state index contributed by atoms with van der Waals surface area (Å²) in [7, 11) is 0. The van der Waals surface area contributed by atoms with E-state index in [0.29, 0.717) is 0 Å². The average Bonchev–Trinajstić information content (AvgIpc) is 2.04. The number of alkyl halides is 1. The molecule has 0 radical (unpaired) electrons. The van der Waals surface area contributed by atoms with Crippen LogP contribution in [-0.2, 0) is 0 Å². The van der Waals surface area contributed by atoms with Crippen LogP contribution in [0.2, 0.25) is 5.02 Å². The van der Waals surface area contributed by atoms with Gasteiger partial charge in [0.15, 0.2) is 0 Å². The van der Waals surface area contributed by atoms with Gasteiger partial charge in [0.2, 0.25) is 0 Å². The molecule has 0 bridgehead atoms. The molecule has 1 aromatic carbocycles. The molecule has 0 fully saturated rings. The van der Waals surface area contributed by atoms with E-state index in [4.69, 9.17) is 11.6 Å². The van der Waals surface area contributed by atoms with Crippen LogP contribution in [0.5, 0.6) is 0 Å². The Morgan fingerprint density at radius 2 is 2.33 bits per heavy atom. The highest BCUT2D eigenvalue weighted by atomic mass is 79.9. The molecule has 0 heterocycles. The number of halogens is 2. The topological polar surface area (TPSA) is 0 Å². The second-order valence-corrected chi connectivity index (χ2v) is 3.68. The largest absolute Gasteiger partial charge is 0.0880 e. The van der Waals surface area contributed by atoms with Crippen molar-refractivity contribution in [2.45, 2.75) is 6.92 Å². The third kappa shape index (κ3) is 3.00. The first kappa shape index (κ1) is 9.82. The third-order valence-electron chi connectivity index (χ3n) is 1.47. The van der Waals surface area contributed by atoms with Crippen molar-refractivity contribution in [1.82, 2.24) is 0 Å². The molecule has 0 N–H and O–H groups in total. The van der Waals surface area contributed by atoms with E-state index in [1.807, 2.05) is 24.3 Å². The van der Waals surface area contributed by atoms with E-state index in [9.17, 15) is 0 Å². The van der Waals surface area contributed by atoms with Gasteiger partial charge in [0.1, 0.15) is 0 Å². The maximum absolute atomic E-state index is 5.83. The zero-order valence-electron chi connectivity index (χ0n) is 6.85. The van der Waals surface area contributed by atoms with Crippen molar-refractivity contribution in [3.05, 3.63) is 40.4 Å². The SMILES string of the molecule is CC(=Cc1cccc(Cl)c1)CBr. The lowest BCUT2D eigenvalue weighted by molar-refractivity contribution is 1.45. The molecule has 0 amide bonds. The molecule has 0 atom stereocenters. The van der Waals surface area contributed by atoms with Gasteiger partial charge < -0.3 is 0 Å². The third-order valence-corrected chi connectivity index (χ3v) is 2.59. The van der Waals surface area contributed by atoms with E-state index in [-0.39, 0.29) is 0 Å². The molecule has 2 heteroatoms. The quantitative estimate of drug-likeness (QED) is 0.687. The van der Waals surface area contributed by atoms with Crippen LogP contribution in [0.25, 0.3) is 6.08 Å². The van der Waals surface area contributed by atoms with Crippen molar-refractivity contribution < 1.29 is 0 Å². The van der Waals surface area contributed by atoms with Crippen LogP contribution in [0.4, 0.5) is 0 Å². The van der Waals surface area contributed by atoms with Gasteiger partial charge in [0.05, 0.1) is 0 Å². The number of hydrogen-bond donors (Lipinski definition) is 0. The van der Waals surface area contributed by atoms with Crippen LogP contribution < -0.4 is 0 Å². The van der Waals surface area contributed by atoms with E-state index in [1.165, 1.54) is 5.57 Å². The normalized spacial score (nSPS) is 11.8. The summed E-state index contributed by atoms with van der Waals surface area (Å²) in [5, 5.41) is 1.69. The highest BCUT2D eigenvalue weighted by Crippen LogP contribution is 2.14. The smallest absolute Gasteiger partial charge is 0.0411 e. The Labute approximate surface area is 86.4 Å². The molecule has 12 heavy (non-hydrogen) atoms. The van der Waals surface area contributed by atoms with Gasteiger partial charge in [-0.2, -0.15) is 0 Å². The van der Waals surface area contributed by atoms with Gasteiger partial charge in [-0.15, -0.1) is 0 Å². The molecule has 64 valence electrons. The van der Waals surface area contributed by atoms with Crippen LogP contribution >= 0.6 is 27.5 Å². The zero-order chi connectivity index (χ0) is 8.97. The first-order valence-corrected chi connectivity index (χ1v) is 5.21. The summed E-state index contributed by atoms with van der Waals surface area (Å²) < 4.78 is 0. The first-order chi connectivity index (χ1) is 5.72. The summed E-state index contributed by atoms with van der Waals surface area (Å²) in [6.45, 7) is 2.08. The van der Waals surface area contributed by atoms with Crippen LogP contribution in [0.15, 0.2) is 29.8 Å². The summed E-state index contributed by atoms with van der Waals surface area (Å²) in [5.74, 6) is 0. The lowest BCUT2D eigenvalue weighted by Crippen LogP contribution is -1.77. The number of rotatable bonds is 2. The molecule has 0 spiro atoms. The van der Waals surface area contributed by atoms with Gasteiger partial charge >= 0.3 is 0 Å². The molecule has 0 aliphatic rings. The van der Waals surface area contributed by atoms with Gasteiger partial charge in [-0.3, -0.25) is 0 Å². The molecule has 1 aromatic rings. The molecule has 0 nitrogen and oxygen atoms in total. The molecule has 0 saturated heterocycles. The molecule has 0 unspecified atom stereocenters. The van der Waals surface area contributed by atoms with Crippen LogP contribution in [0.1, 0.15) is 12.5 Å². The van der Waals surface area contributed by atoms with Gasteiger partial charge in [0, 0.05) is 10.4 Å². The Balaban J connectivity index is 2.89. The number of hydrogen-bond acceptors (Lipinski definition) is 0. The number of benzene rings is 1. The van der Waals surface area contributed by atoms with Crippen molar-refractivity contribution in [3.63, 3.8) is 0 Å². The van der Waals surface area contributed by atoms with Crippen molar-refractivity contribution in [2.75, 3.05) is 5.33 Å². The van der Waals surface area contributed by atoms with E-state index in [1.54, 1.807) is 0 Å². The standard InChI is InChI=1S/C10H10BrCl/c1-8(7-11)5-9-3-2-4-10(12)6-9/h2-6H,7H2,1H3. The Morgan fingerprint density at radius 1 is 1.58 bits per heavy atom. The molecular formula is C10H10BrCl. The highest BCUT2D eigenvalue weighted by molar-refractivity contribution is 9.09. The Morgan fingerprint density at radius 3 is 2.92 bits per heavy atom. The fourth-order valence-corrected chi connectivity index (χ4v) is 1.28. The van der Waals surface area contributed by atoms with Crippen molar-refractivity contribution in [1.29, 1.82) is 0 Å². The van der Waals surface area contributed by atoms with E-state index >= 15 is 0 Å². The minimum atomic E-state index is 0.783. The second-order valence-electron chi connectivity index (χ2n) is 2.68. The molecule has 0 saturated carbocycles. The van der Waals surface area contributed by atoms with E-state index in [0.717, 1.165) is 15.9 Å². The zero-order valence-corrected chi connectivity index (χ0v) is 9.19. The fourth-order valence-electron chi connectivity index (χ4n) is 0.919. The summed E-state index contributed by atoms with van der Waals surface area (Å²) in [5.41, 5.74) is 2.44. The van der Waals surface area contributed by atoms with Gasteiger partial charge in [-0.05, 0) is 24.6 Å². The molecular weight excluding hydrogens is 235 g/mol. The minimum Gasteiger partial charge on any atom is -0.0880 e. The number of allylic oxidation sites excluding steroid dienone is 1. The first-order valence-electron chi connectivity index (χ1n) is 3.71. The van der Waals surface area contributed by atoms with E-state index in [2.05, 4.69) is 28.9 Å². The predicted octanol–water partition coefficient (Wildman–Crippen LogP) is 4.14. The molecule has 0 aliphatic carbocycles. The van der Waals surface area contributed by atoms with Crippen LogP contribution in [0, 0.1) is 0 Å². The Hall–Kier alpha value is -0.270. The van der Waals surface area contributed by atoms with Gasteiger partial charge in [-0.25, -0.2) is 0 Å². The Kier molecular flexibility index (Phi) is 3.83. The summed E-state index contributed by atoms with van der Waals surface area (Å²) in [6, 6.07) is 7.82.